The van der Waals surface area contributed by atoms with Gasteiger partial charge >= 0.3 is 0 Å². The van der Waals surface area contributed by atoms with Crippen molar-refractivity contribution in [2.45, 2.75) is 58.6 Å². The normalized spacial score (nSPS) is 28.1. The summed E-state index contributed by atoms with van der Waals surface area (Å²) >= 11 is 0. The molecule has 4 unspecified atom stereocenters. The fraction of sp³-hybridized carbons (Fsp3) is 0.647. The molecular formula is C17H26FNO. The lowest BCUT2D eigenvalue weighted by molar-refractivity contribution is 0.0995. The lowest BCUT2D eigenvalue weighted by Crippen LogP contribution is -2.29. The molecule has 2 N–H and O–H groups in total. The predicted octanol–water partition coefficient (Wildman–Crippen LogP) is 3.92. The van der Waals surface area contributed by atoms with E-state index in [9.17, 15) is 4.39 Å². The molecule has 0 radical (unpaired) electrons. The van der Waals surface area contributed by atoms with E-state index < -0.39 is 0 Å². The molecule has 4 atom stereocenters. The minimum absolute atomic E-state index is 0.00412. The Morgan fingerprint density at radius 1 is 1.30 bits per heavy atom. The number of nitrogens with two attached hydrogens (primary N) is 1. The first-order valence-corrected chi connectivity index (χ1v) is 7.66. The van der Waals surface area contributed by atoms with Crippen molar-refractivity contribution < 1.29 is 9.13 Å². The molecule has 20 heavy (non-hydrogen) atoms. The first-order chi connectivity index (χ1) is 9.45. The van der Waals surface area contributed by atoms with Gasteiger partial charge in [0.25, 0.3) is 0 Å². The number of ether oxygens (including phenoxy) is 1. The van der Waals surface area contributed by atoms with Crippen molar-refractivity contribution in [1.82, 2.24) is 0 Å². The van der Waals surface area contributed by atoms with Gasteiger partial charge in [0, 0.05) is 6.04 Å². The zero-order valence-electron chi connectivity index (χ0n) is 12.7. The molecular weight excluding hydrogens is 253 g/mol. The van der Waals surface area contributed by atoms with Crippen molar-refractivity contribution in [3.63, 3.8) is 0 Å². The number of benzene rings is 1. The minimum Gasteiger partial charge on any atom is -0.490 e. The topological polar surface area (TPSA) is 35.2 Å². The molecule has 1 saturated carbocycles. The Labute approximate surface area is 121 Å². The summed E-state index contributed by atoms with van der Waals surface area (Å²) in [6, 6.07) is 4.77. The van der Waals surface area contributed by atoms with E-state index in [1.165, 1.54) is 12.5 Å². The molecule has 0 bridgehead atoms. The average Bonchev–Trinajstić information content (AvgIpc) is 2.36. The van der Waals surface area contributed by atoms with Gasteiger partial charge in [-0.3, -0.25) is 0 Å². The molecule has 2 rings (SSSR count). The Hall–Kier alpha value is -1.09. The Morgan fingerprint density at radius 3 is 2.70 bits per heavy atom. The maximum Gasteiger partial charge on any atom is 0.123 e. The molecule has 112 valence electrons. The third-order valence-electron chi connectivity index (χ3n) is 4.41. The zero-order valence-corrected chi connectivity index (χ0v) is 12.7. The van der Waals surface area contributed by atoms with E-state index in [2.05, 4.69) is 13.8 Å². The highest BCUT2D eigenvalue weighted by molar-refractivity contribution is 5.34. The van der Waals surface area contributed by atoms with Crippen LogP contribution in [0.5, 0.6) is 5.75 Å². The SMILES string of the molecule is CC(N)Cc1cc(F)ccc1OC1CCC(C)C(C)C1. The summed E-state index contributed by atoms with van der Waals surface area (Å²) < 4.78 is 19.5. The number of hydrogen-bond donors (Lipinski definition) is 1. The number of halogens is 1. The molecule has 0 aromatic heterocycles. The fourth-order valence-electron chi connectivity index (χ4n) is 2.95. The van der Waals surface area contributed by atoms with Gasteiger partial charge < -0.3 is 10.5 Å². The third-order valence-corrected chi connectivity index (χ3v) is 4.41. The van der Waals surface area contributed by atoms with Crippen molar-refractivity contribution in [3.05, 3.63) is 29.6 Å². The van der Waals surface area contributed by atoms with E-state index >= 15 is 0 Å². The van der Waals surface area contributed by atoms with E-state index in [1.807, 2.05) is 6.92 Å². The van der Waals surface area contributed by atoms with Gasteiger partial charge in [-0.2, -0.15) is 0 Å². The molecule has 0 saturated heterocycles. The van der Waals surface area contributed by atoms with Crippen LogP contribution < -0.4 is 10.5 Å². The molecule has 3 heteroatoms. The number of hydrogen-bond acceptors (Lipinski definition) is 2. The van der Waals surface area contributed by atoms with Crippen LogP contribution in [0.3, 0.4) is 0 Å². The van der Waals surface area contributed by atoms with Crippen LogP contribution >= 0.6 is 0 Å². The lowest BCUT2D eigenvalue weighted by atomic mass is 9.80. The maximum atomic E-state index is 13.4. The second kappa shape index (κ2) is 6.57. The summed E-state index contributed by atoms with van der Waals surface area (Å²) in [6.07, 6.45) is 4.26. The summed E-state index contributed by atoms with van der Waals surface area (Å²) in [5.74, 6) is 2.03. The predicted molar refractivity (Wildman–Crippen MR) is 80.3 cm³/mol. The summed E-state index contributed by atoms with van der Waals surface area (Å²) in [4.78, 5) is 0. The molecule has 0 aliphatic heterocycles. The first-order valence-electron chi connectivity index (χ1n) is 7.66. The molecule has 1 aliphatic carbocycles. The Bertz CT molecular complexity index is 447. The van der Waals surface area contributed by atoms with Gasteiger partial charge in [0.05, 0.1) is 6.10 Å². The Balaban J connectivity index is 2.08. The van der Waals surface area contributed by atoms with Gasteiger partial charge in [0.1, 0.15) is 11.6 Å². The lowest BCUT2D eigenvalue weighted by Gasteiger charge is -2.32. The van der Waals surface area contributed by atoms with E-state index in [4.69, 9.17) is 10.5 Å². The van der Waals surface area contributed by atoms with Crippen LogP contribution in [-0.4, -0.2) is 12.1 Å². The molecule has 1 aromatic carbocycles. The van der Waals surface area contributed by atoms with Crippen molar-refractivity contribution in [3.8, 4) is 5.75 Å². The van der Waals surface area contributed by atoms with Gasteiger partial charge in [0.2, 0.25) is 0 Å². The molecule has 0 amide bonds. The Morgan fingerprint density at radius 2 is 2.05 bits per heavy atom. The third kappa shape index (κ3) is 3.95. The zero-order chi connectivity index (χ0) is 14.7. The van der Waals surface area contributed by atoms with Crippen LogP contribution in [0.4, 0.5) is 4.39 Å². The van der Waals surface area contributed by atoms with Crippen LogP contribution in [0.2, 0.25) is 0 Å². The molecule has 0 heterocycles. The van der Waals surface area contributed by atoms with E-state index in [1.54, 1.807) is 12.1 Å². The summed E-state index contributed by atoms with van der Waals surface area (Å²) in [5, 5.41) is 0. The maximum absolute atomic E-state index is 13.4. The van der Waals surface area contributed by atoms with Crippen molar-refractivity contribution >= 4 is 0 Å². The van der Waals surface area contributed by atoms with Crippen LogP contribution in [0, 0.1) is 17.7 Å². The fourth-order valence-corrected chi connectivity index (χ4v) is 2.95. The van der Waals surface area contributed by atoms with E-state index in [0.717, 1.165) is 30.1 Å². The van der Waals surface area contributed by atoms with Gasteiger partial charge in [-0.1, -0.05) is 13.8 Å². The van der Waals surface area contributed by atoms with Crippen LogP contribution in [0.1, 0.15) is 45.6 Å². The molecule has 0 spiro atoms. The van der Waals surface area contributed by atoms with Crippen molar-refractivity contribution in [2.24, 2.45) is 17.6 Å². The molecule has 1 aliphatic rings. The highest BCUT2D eigenvalue weighted by Crippen LogP contribution is 2.33. The summed E-state index contributed by atoms with van der Waals surface area (Å²) in [7, 11) is 0. The van der Waals surface area contributed by atoms with Gasteiger partial charge in [0.15, 0.2) is 0 Å². The second-order valence-corrected chi connectivity index (χ2v) is 6.44. The summed E-state index contributed by atoms with van der Waals surface area (Å²) in [6.45, 7) is 6.52. The van der Waals surface area contributed by atoms with Gasteiger partial charge in [-0.05, 0) is 68.2 Å². The van der Waals surface area contributed by atoms with Gasteiger partial charge in [-0.15, -0.1) is 0 Å². The first kappa shape index (κ1) is 15.3. The standard InChI is InChI=1S/C17H26FNO/c1-11-4-6-16(8-12(11)2)20-17-7-5-15(18)10-14(17)9-13(3)19/h5,7,10-13,16H,4,6,8-9,19H2,1-3H3. The van der Waals surface area contributed by atoms with Crippen molar-refractivity contribution in [1.29, 1.82) is 0 Å². The smallest absolute Gasteiger partial charge is 0.123 e. The Kier molecular flexibility index (Phi) is 5.03. The van der Waals surface area contributed by atoms with Crippen LogP contribution in [-0.2, 0) is 6.42 Å². The van der Waals surface area contributed by atoms with E-state index in [0.29, 0.717) is 12.3 Å². The van der Waals surface area contributed by atoms with Gasteiger partial charge in [-0.25, -0.2) is 4.39 Å². The highest BCUT2D eigenvalue weighted by atomic mass is 19.1. The molecule has 1 fully saturated rings. The van der Waals surface area contributed by atoms with Crippen molar-refractivity contribution in [2.75, 3.05) is 0 Å². The largest absolute Gasteiger partial charge is 0.490 e. The molecule has 2 nitrogen and oxygen atoms in total. The average molecular weight is 279 g/mol. The summed E-state index contributed by atoms with van der Waals surface area (Å²) in [5.41, 5.74) is 6.72. The quantitative estimate of drug-likeness (QED) is 0.906. The monoisotopic (exact) mass is 279 g/mol. The molecule has 1 aromatic rings. The second-order valence-electron chi connectivity index (χ2n) is 6.44. The van der Waals surface area contributed by atoms with Crippen LogP contribution in [0.15, 0.2) is 18.2 Å². The minimum atomic E-state index is -0.223. The van der Waals surface area contributed by atoms with Crippen LogP contribution in [0.25, 0.3) is 0 Å². The number of rotatable bonds is 4. The highest BCUT2D eigenvalue weighted by Gasteiger charge is 2.26. The van der Waals surface area contributed by atoms with E-state index in [-0.39, 0.29) is 18.0 Å².